The second-order valence-corrected chi connectivity index (χ2v) is 9.01. The van der Waals surface area contributed by atoms with Gasteiger partial charge in [0.1, 0.15) is 5.69 Å². The molecule has 27 heavy (non-hydrogen) atoms. The van der Waals surface area contributed by atoms with Crippen LogP contribution < -0.4 is 4.90 Å². The highest BCUT2D eigenvalue weighted by Gasteiger charge is 2.57. The predicted molar refractivity (Wildman–Crippen MR) is 94.8 cm³/mol. The Labute approximate surface area is 157 Å². The fourth-order valence-electron chi connectivity index (χ4n) is 5.55. The monoisotopic (exact) mass is 377 g/mol. The average molecular weight is 377 g/mol. The summed E-state index contributed by atoms with van der Waals surface area (Å²) in [6.07, 6.45) is 4.83. The molecule has 3 fully saturated rings. The molecule has 0 unspecified atom stereocenters. The molecule has 0 bridgehead atoms. The zero-order chi connectivity index (χ0) is 19.0. The van der Waals surface area contributed by atoms with Crippen molar-refractivity contribution in [1.29, 1.82) is 0 Å². The summed E-state index contributed by atoms with van der Waals surface area (Å²) in [7, 11) is 1.43. The van der Waals surface area contributed by atoms with Gasteiger partial charge in [-0.25, -0.2) is 9.97 Å². The van der Waals surface area contributed by atoms with Gasteiger partial charge >= 0.3 is 5.97 Å². The summed E-state index contributed by atoms with van der Waals surface area (Å²) in [4.78, 5) is 22.8. The molecule has 1 atom stereocenters. The highest BCUT2D eigenvalue weighted by atomic mass is 19.3. The summed E-state index contributed by atoms with van der Waals surface area (Å²) >= 11 is 0. The van der Waals surface area contributed by atoms with Crippen LogP contribution in [0.2, 0.25) is 0 Å². The molecule has 3 aliphatic carbocycles. The molecule has 1 aromatic heterocycles. The molecule has 4 aliphatic rings. The molecule has 5 rings (SSSR count). The van der Waals surface area contributed by atoms with E-state index in [9.17, 15) is 13.6 Å². The molecule has 146 valence electrons. The van der Waals surface area contributed by atoms with Crippen LogP contribution in [0.4, 0.5) is 14.7 Å². The number of nitrogens with zero attached hydrogens (tertiary/aromatic N) is 3. The molecule has 5 nitrogen and oxygen atoms in total. The number of hydrogen-bond acceptors (Lipinski definition) is 5. The van der Waals surface area contributed by atoms with Crippen molar-refractivity contribution in [2.75, 3.05) is 18.6 Å². The average Bonchev–Trinajstić information content (AvgIpc) is 2.86. The lowest BCUT2D eigenvalue weighted by molar-refractivity contribution is -0.159. The number of alkyl halides is 2. The van der Waals surface area contributed by atoms with Gasteiger partial charge in [0.25, 0.3) is 5.92 Å². The highest BCUT2D eigenvalue weighted by Crippen LogP contribution is 2.64. The van der Waals surface area contributed by atoms with Gasteiger partial charge in [-0.3, -0.25) is 4.79 Å². The van der Waals surface area contributed by atoms with E-state index in [1.807, 2.05) is 4.90 Å². The van der Waals surface area contributed by atoms with Gasteiger partial charge in [-0.2, -0.15) is 8.78 Å². The molecule has 0 radical (unpaired) electrons. The molecule has 1 saturated heterocycles. The Balaban J connectivity index is 1.40. The van der Waals surface area contributed by atoms with E-state index in [-0.39, 0.29) is 35.3 Å². The second-order valence-electron chi connectivity index (χ2n) is 9.01. The maximum absolute atomic E-state index is 14.4. The van der Waals surface area contributed by atoms with Crippen LogP contribution in [0.5, 0.6) is 0 Å². The van der Waals surface area contributed by atoms with Crippen molar-refractivity contribution in [3.05, 3.63) is 17.0 Å². The maximum Gasteiger partial charge on any atom is 0.308 e. The van der Waals surface area contributed by atoms with Crippen LogP contribution in [0.3, 0.4) is 0 Å². The number of hydrogen-bond donors (Lipinski definition) is 0. The standard InChI is InChI=1S/C20H25F2N3O2/c1-11-4-6-25(11)18-23-15(14-3-5-20(21,22)16(14)24-18)12-7-19(8-12)9-13(10-19)17(26)27-2/h11-13H,3-10H2,1-2H3/t11-,12?,13?,19?/m0/s1. The van der Waals surface area contributed by atoms with E-state index < -0.39 is 5.92 Å². The summed E-state index contributed by atoms with van der Waals surface area (Å²) in [5.74, 6) is -2.27. The van der Waals surface area contributed by atoms with E-state index in [4.69, 9.17) is 9.72 Å². The lowest BCUT2D eigenvalue weighted by Crippen LogP contribution is -2.50. The van der Waals surface area contributed by atoms with Crippen LogP contribution in [-0.2, 0) is 21.9 Å². The van der Waals surface area contributed by atoms with Gasteiger partial charge in [0, 0.05) is 30.5 Å². The summed E-state index contributed by atoms with van der Waals surface area (Å²) < 4.78 is 33.7. The maximum atomic E-state index is 14.4. The van der Waals surface area contributed by atoms with Gasteiger partial charge in [-0.05, 0) is 50.9 Å². The zero-order valence-electron chi connectivity index (χ0n) is 15.8. The Bertz CT molecular complexity index is 799. The Kier molecular flexibility index (Phi) is 3.60. The Morgan fingerprint density at radius 1 is 1.22 bits per heavy atom. The minimum Gasteiger partial charge on any atom is -0.469 e. The Morgan fingerprint density at radius 3 is 2.56 bits per heavy atom. The number of ether oxygens (including phenoxy) is 1. The normalized spacial score (nSPS) is 35.9. The number of methoxy groups -OCH3 is 1. The van der Waals surface area contributed by atoms with Crippen LogP contribution in [-0.4, -0.2) is 35.6 Å². The van der Waals surface area contributed by atoms with Crippen molar-refractivity contribution >= 4 is 11.9 Å². The number of fused-ring (bicyclic) bond motifs is 1. The first kappa shape index (κ1) is 17.3. The molecule has 0 amide bonds. The lowest BCUT2D eigenvalue weighted by atomic mass is 9.47. The highest BCUT2D eigenvalue weighted by molar-refractivity contribution is 5.73. The molecule has 0 aromatic carbocycles. The van der Waals surface area contributed by atoms with Gasteiger partial charge in [0.15, 0.2) is 0 Å². The van der Waals surface area contributed by atoms with Gasteiger partial charge < -0.3 is 9.64 Å². The number of halogens is 2. The molecule has 1 spiro atoms. The third-order valence-electron chi connectivity index (χ3n) is 7.28. The fourth-order valence-corrected chi connectivity index (χ4v) is 5.55. The molecule has 7 heteroatoms. The minimum absolute atomic E-state index is 0.00824. The van der Waals surface area contributed by atoms with Crippen molar-refractivity contribution < 1.29 is 18.3 Å². The first-order chi connectivity index (χ1) is 12.8. The number of aromatic nitrogens is 2. The van der Waals surface area contributed by atoms with E-state index >= 15 is 0 Å². The minimum atomic E-state index is -2.84. The zero-order valence-corrected chi connectivity index (χ0v) is 15.8. The Morgan fingerprint density at radius 2 is 1.96 bits per heavy atom. The number of esters is 1. The van der Waals surface area contributed by atoms with Crippen molar-refractivity contribution in [3.8, 4) is 0 Å². The summed E-state index contributed by atoms with van der Waals surface area (Å²) in [6.45, 7) is 2.91. The summed E-state index contributed by atoms with van der Waals surface area (Å²) in [5.41, 5.74) is 1.68. The van der Waals surface area contributed by atoms with Crippen molar-refractivity contribution in [2.24, 2.45) is 11.3 Å². The van der Waals surface area contributed by atoms with E-state index in [2.05, 4.69) is 11.9 Å². The van der Waals surface area contributed by atoms with E-state index in [0.29, 0.717) is 24.0 Å². The first-order valence-electron chi connectivity index (χ1n) is 9.95. The molecule has 0 N–H and O–H groups in total. The molecule has 1 aliphatic heterocycles. The van der Waals surface area contributed by atoms with Crippen molar-refractivity contribution in [2.45, 2.75) is 69.8 Å². The van der Waals surface area contributed by atoms with Crippen molar-refractivity contribution in [1.82, 2.24) is 9.97 Å². The van der Waals surface area contributed by atoms with E-state index in [0.717, 1.165) is 44.3 Å². The summed E-state index contributed by atoms with van der Waals surface area (Å²) in [5, 5.41) is 0. The predicted octanol–water partition coefficient (Wildman–Crippen LogP) is 3.56. The van der Waals surface area contributed by atoms with Crippen molar-refractivity contribution in [3.63, 3.8) is 0 Å². The van der Waals surface area contributed by atoms with E-state index in [1.54, 1.807) is 0 Å². The number of anilines is 1. The smallest absolute Gasteiger partial charge is 0.308 e. The van der Waals surface area contributed by atoms with Gasteiger partial charge in [-0.1, -0.05) is 0 Å². The number of carbonyl (C=O) groups excluding carboxylic acids is 1. The van der Waals surface area contributed by atoms with Crippen LogP contribution in [0.25, 0.3) is 0 Å². The third-order valence-corrected chi connectivity index (χ3v) is 7.28. The SMILES string of the molecule is COC(=O)C1CC2(C1)CC(c1nc(N3CC[C@@H]3C)nc3c1CCC3(F)F)C2. The lowest BCUT2D eigenvalue weighted by Gasteiger charge is -2.57. The van der Waals surface area contributed by atoms with Gasteiger partial charge in [0.05, 0.1) is 18.7 Å². The topological polar surface area (TPSA) is 55.3 Å². The quantitative estimate of drug-likeness (QED) is 0.754. The number of rotatable bonds is 3. The molecular weight excluding hydrogens is 352 g/mol. The number of carbonyl (C=O) groups is 1. The summed E-state index contributed by atoms with van der Waals surface area (Å²) in [6, 6.07) is 0.311. The molecule has 2 heterocycles. The molecular formula is C20H25F2N3O2. The van der Waals surface area contributed by atoms with Gasteiger partial charge in [-0.15, -0.1) is 0 Å². The third kappa shape index (κ3) is 2.49. The van der Waals surface area contributed by atoms with Gasteiger partial charge in [0.2, 0.25) is 5.95 Å². The second kappa shape index (κ2) is 5.61. The molecule has 1 aromatic rings. The van der Waals surface area contributed by atoms with Crippen LogP contribution in [0.1, 0.15) is 68.3 Å². The van der Waals surface area contributed by atoms with Crippen LogP contribution >= 0.6 is 0 Å². The largest absolute Gasteiger partial charge is 0.469 e. The molecule has 2 saturated carbocycles. The first-order valence-corrected chi connectivity index (χ1v) is 9.95. The van der Waals surface area contributed by atoms with Crippen LogP contribution in [0.15, 0.2) is 0 Å². The van der Waals surface area contributed by atoms with Crippen LogP contribution in [0, 0.1) is 11.3 Å². The van der Waals surface area contributed by atoms with E-state index in [1.165, 1.54) is 7.11 Å². The Hall–Kier alpha value is -1.79. The fraction of sp³-hybridized carbons (Fsp3) is 0.750.